The van der Waals surface area contributed by atoms with Crippen LogP contribution in [0.25, 0.3) is 0 Å². The van der Waals surface area contributed by atoms with Crippen LogP contribution in [0.2, 0.25) is 0 Å². The third-order valence-electron chi connectivity index (χ3n) is 3.96. The molecule has 1 aliphatic rings. The van der Waals surface area contributed by atoms with E-state index >= 15 is 0 Å². The van der Waals surface area contributed by atoms with Gasteiger partial charge in [-0.25, -0.2) is 8.78 Å². The van der Waals surface area contributed by atoms with Crippen LogP contribution in [0.5, 0.6) is 0 Å². The molecule has 1 fully saturated rings. The lowest BCUT2D eigenvalue weighted by molar-refractivity contribution is -0.122. The van der Waals surface area contributed by atoms with Crippen molar-refractivity contribution in [2.24, 2.45) is 5.92 Å². The third kappa shape index (κ3) is 5.69. The maximum Gasteiger partial charge on any atom is 0.290 e. The highest BCUT2D eigenvalue weighted by atomic mass is 19.1. The van der Waals surface area contributed by atoms with Crippen molar-refractivity contribution >= 4 is 6.47 Å². The lowest BCUT2D eigenvalue weighted by Gasteiger charge is -2.16. The molecule has 1 aromatic heterocycles. The minimum atomic E-state index is -0.493. The van der Waals surface area contributed by atoms with E-state index < -0.39 is 11.6 Å². The van der Waals surface area contributed by atoms with Gasteiger partial charge in [-0.1, -0.05) is 0 Å². The summed E-state index contributed by atoms with van der Waals surface area (Å²) in [6.45, 7) is 3.57. The fourth-order valence-corrected chi connectivity index (χ4v) is 2.94. The monoisotopic (exact) mass is 338 g/mol. The molecule has 0 radical (unpaired) electrons. The van der Waals surface area contributed by atoms with Gasteiger partial charge < -0.3 is 14.6 Å². The predicted octanol–water partition coefficient (Wildman–Crippen LogP) is 1.82. The van der Waals surface area contributed by atoms with Crippen LogP contribution in [0.3, 0.4) is 0 Å². The molecule has 0 amide bonds. The highest BCUT2D eigenvalue weighted by Gasteiger charge is 2.22. The Hall–Kier alpha value is -2.35. The molecule has 130 valence electrons. The van der Waals surface area contributed by atoms with Gasteiger partial charge in [-0.15, -0.1) is 10.2 Å². The first-order valence-electron chi connectivity index (χ1n) is 7.68. The number of benzene rings is 1. The number of carbonyl (C=O) groups is 1. The minimum absolute atomic E-state index is 0.250. The molecule has 1 aliphatic heterocycles. The molecule has 3 rings (SSSR count). The molecule has 24 heavy (non-hydrogen) atoms. The maximum absolute atomic E-state index is 13.2. The third-order valence-corrected chi connectivity index (χ3v) is 3.96. The van der Waals surface area contributed by atoms with Crippen molar-refractivity contribution < 1.29 is 18.7 Å². The second kappa shape index (κ2) is 9.07. The average molecular weight is 338 g/mol. The molecular formula is C16H20F2N4O2. The second-order valence-electron chi connectivity index (χ2n) is 5.74. The van der Waals surface area contributed by atoms with Gasteiger partial charge in [0, 0.05) is 25.7 Å². The number of halogens is 2. The largest absolute Gasteiger partial charge is 0.483 e. The number of aromatic nitrogens is 3. The van der Waals surface area contributed by atoms with Gasteiger partial charge in [0.15, 0.2) is 0 Å². The van der Waals surface area contributed by atoms with E-state index in [-0.39, 0.29) is 6.47 Å². The van der Waals surface area contributed by atoms with Crippen LogP contribution >= 0.6 is 0 Å². The van der Waals surface area contributed by atoms with Gasteiger partial charge >= 0.3 is 0 Å². The predicted molar refractivity (Wildman–Crippen MR) is 83.3 cm³/mol. The molecule has 0 bridgehead atoms. The lowest BCUT2D eigenvalue weighted by atomic mass is 9.98. The fraction of sp³-hybridized carbons (Fsp3) is 0.438. The first-order valence-corrected chi connectivity index (χ1v) is 7.68. The molecule has 1 N–H and O–H groups in total. The first kappa shape index (κ1) is 18.0. The minimum Gasteiger partial charge on any atom is -0.483 e. The van der Waals surface area contributed by atoms with Crippen LogP contribution in [0.15, 0.2) is 30.9 Å². The number of rotatable bonds is 5. The summed E-state index contributed by atoms with van der Waals surface area (Å²) in [5.41, 5.74) is 0.748. The van der Waals surface area contributed by atoms with E-state index in [2.05, 4.69) is 15.1 Å². The highest BCUT2D eigenvalue weighted by Crippen LogP contribution is 2.21. The van der Waals surface area contributed by atoms with Crippen LogP contribution in [0, 0.1) is 17.6 Å². The molecular weight excluding hydrogens is 318 g/mol. The van der Waals surface area contributed by atoms with Crippen LogP contribution in [0.4, 0.5) is 8.78 Å². The molecule has 0 saturated carbocycles. The van der Waals surface area contributed by atoms with E-state index in [4.69, 9.17) is 9.90 Å². The van der Waals surface area contributed by atoms with E-state index in [1.165, 1.54) is 12.1 Å². The van der Waals surface area contributed by atoms with E-state index in [1.54, 1.807) is 12.7 Å². The summed E-state index contributed by atoms with van der Waals surface area (Å²) in [6.07, 6.45) is 5.23. The number of nitrogens with zero attached hydrogens (tertiary/aromatic N) is 4. The van der Waals surface area contributed by atoms with Crippen molar-refractivity contribution in [2.75, 3.05) is 19.6 Å². The van der Waals surface area contributed by atoms with E-state index in [1.807, 2.05) is 4.57 Å². The molecule has 0 aliphatic carbocycles. The topological polar surface area (TPSA) is 71.2 Å². The van der Waals surface area contributed by atoms with Gasteiger partial charge in [-0.05, 0) is 43.0 Å². The van der Waals surface area contributed by atoms with Crippen LogP contribution in [-0.2, 0) is 17.8 Å². The van der Waals surface area contributed by atoms with E-state index in [0.717, 1.165) is 50.7 Å². The standard InChI is InChI=1S/C15H18F2N4.CH2O2/c16-14-6-13(7-15(17)8-14)5-12-1-2-20(9-12)3-4-21-10-18-19-11-21;2-1-3/h6-8,10-12H,1-5,9H2;1H,(H,2,3). The van der Waals surface area contributed by atoms with Gasteiger partial charge in [0.25, 0.3) is 6.47 Å². The number of hydrogen-bond acceptors (Lipinski definition) is 4. The van der Waals surface area contributed by atoms with E-state index in [9.17, 15) is 8.78 Å². The molecule has 2 heterocycles. The Balaban J connectivity index is 0.000000647. The SMILES string of the molecule is Fc1cc(F)cc(CC2CCN(CCn3cnnc3)C2)c1.O=CO. The Morgan fingerprint density at radius 2 is 1.79 bits per heavy atom. The Labute approximate surface area is 138 Å². The Bertz CT molecular complexity index is 617. The summed E-state index contributed by atoms with van der Waals surface area (Å²) in [6, 6.07) is 3.79. The van der Waals surface area contributed by atoms with Crippen molar-refractivity contribution in [3.8, 4) is 0 Å². The molecule has 1 atom stereocenters. The highest BCUT2D eigenvalue weighted by molar-refractivity contribution is 5.32. The Morgan fingerprint density at radius 1 is 1.17 bits per heavy atom. The van der Waals surface area contributed by atoms with Crippen molar-refractivity contribution in [1.82, 2.24) is 19.7 Å². The molecule has 6 nitrogen and oxygen atoms in total. The molecule has 8 heteroatoms. The smallest absolute Gasteiger partial charge is 0.290 e. The van der Waals surface area contributed by atoms with Gasteiger partial charge in [-0.3, -0.25) is 4.79 Å². The van der Waals surface area contributed by atoms with Gasteiger partial charge in [-0.2, -0.15) is 0 Å². The van der Waals surface area contributed by atoms with E-state index in [0.29, 0.717) is 5.92 Å². The summed E-state index contributed by atoms with van der Waals surface area (Å²) < 4.78 is 28.3. The van der Waals surface area contributed by atoms with Crippen LogP contribution < -0.4 is 0 Å². The summed E-state index contributed by atoms with van der Waals surface area (Å²) in [5, 5.41) is 14.4. The van der Waals surface area contributed by atoms with Crippen LogP contribution in [0.1, 0.15) is 12.0 Å². The number of hydrogen-bond donors (Lipinski definition) is 1. The van der Waals surface area contributed by atoms with Crippen molar-refractivity contribution in [3.05, 3.63) is 48.1 Å². The fourth-order valence-electron chi connectivity index (χ4n) is 2.94. The Kier molecular flexibility index (Phi) is 6.80. The average Bonchev–Trinajstić information content (AvgIpc) is 3.16. The zero-order valence-electron chi connectivity index (χ0n) is 13.2. The first-order chi connectivity index (χ1) is 11.6. The molecule has 0 spiro atoms. The molecule has 1 saturated heterocycles. The molecule has 1 unspecified atom stereocenters. The molecule has 2 aromatic rings. The maximum atomic E-state index is 13.2. The number of likely N-dealkylation sites (tertiary alicyclic amines) is 1. The van der Waals surface area contributed by atoms with Gasteiger partial charge in [0.05, 0.1) is 0 Å². The number of carboxylic acid groups (broad SMARTS) is 1. The van der Waals surface area contributed by atoms with Gasteiger partial charge in [0.2, 0.25) is 0 Å². The van der Waals surface area contributed by atoms with Crippen molar-refractivity contribution in [3.63, 3.8) is 0 Å². The van der Waals surface area contributed by atoms with Gasteiger partial charge in [0.1, 0.15) is 24.3 Å². The lowest BCUT2D eigenvalue weighted by Crippen LogP contribution is -2.25. The second-order valence-corrected chi connectivity index (χ2v) is 5.74. The van der Waals surface area contributed by atoms with Crippen LogP contribution in [-0.4, -0.2) is 50.9 Å². The van der Waals surface area contributed by atoms with Crippen molar-refractivity contribution in [1.29, 1.82) is 0 Å². The Morgan fingerprint density at radius 3 is 2.42 bits per heavy atom. The summed E-state index contributed by atoms with van der Waals surface area (Å²) in [4.78, 5) is 10.7. The zero-order valence-corrected chi connectivity index (χ0v) is 13.2. The summed E-state index contributed by atoms with van der Waals surface area (Å²) >= 11 is 0. The molecule has 1 aromatic carbocycles. The normalized spacial score (nSPS) is 17.3. The zero-order chi connectivity index (χ0) is 17.4. The summed E-state index contributed by atoms with van der Waals surface area (Å²) in [5.74, 6) is -0.521. The quantitative estimate of drug-likeness (QED) is 0.842. The summed E-state index contributed by atoms with van der Waals surface area (Å²) in [7, 11) is 0. The van der Waals surface area contributed by atoms with Crippen molar-refractivity contribution in [2.45, 2.75) is 19.4 Å².